The first-order chi connectivity index (χ1) is 11.5. The molecule has 1 aromatic heterocycles. The number of carbonyl (C=O) groups excluding carboxylic acids is 1. The van der Waals surface area contributed by atoms with Crippen LogP contribution in [0, 0.1) is 6.92 Å². The summed E-state index contributed by atoms with van der Waals surface area (Å²) in [5.41, 5.74) is 3.32. The Morgan fingerprint density at radius 1 is 1.04 bits per heavy atom. The zero-order valence-electron chi connectivity index (χ0n) is 13.9. The highest BCUT2D eigenvalue weighted by Gasteiger charge is 2.12. The van der Waals surface area contributed by atoms with Crippen LogP contribution in [0.2, 0.25) is 0 Å². The van der Waals surface area contributed by atoms with Gasteiger partial charge in [-0.05, 0) is 41.8 Å². The van der Waals surface area contributed by atoms with E-state index in [4.69, 9.17) is 4.42 Å². The molecule has 0 atom stereocenters. The molecule has 0 unspecified atom stereocenters. The molecule has 3 rings (SSSR count). The monoisotopic (exact) mass is 321 g/mol. The smallest absolute Gasteiger partial charge is 0.255 e. The van der Waals surface area contributed by atoms with Crippen molar-refractivity contribution in [2.75, 3.05) is 5.32 Å². The summed E-state index contributed by atoms with van der Waals surface area (Å²) in [4.78, 5) is 12.5. The van der Waals surface area contributed by atoms with E-state index in [1.807, 2.05) is 24.3 Å². The Morgan fingerprint density at radius 2 is 1.75 bits per heavy atom. The Bertz CT molecular complexity index is 851. The van der Waals surface area contributed by atoms with Crippen LogP contribution in [0.3, 0.4) is 0 Å². The first-order valence-electron chi connectivity index (χ1n) is 7.85. The molecule has 5 heteroatoms. The van der Waals surface area contributed by atoms with Crippen molar-refractivity contribution in [2.45, 2.75) is 26.7 Å². The lowest BCUT2D eigenvalue weighted by Gasteiger charge is -2.13. The van der Waals surface area contributed by atoms with Crippen LogP contribution in [0.25, 0.3) is 11.5 Å². The fourth-order valence-electron chi connectivity index (χ4n) is 2.49. The quantitative estimate of drug-likeness (QED) is 0.772. The van der Waals surface area contributed by atoms with Gasteiger partial charge >= 0.3 is 0 Å². The molecule has 5 nitrogen and oxygen atoms in total. The predicted molar refractivity (Wildman–Crippen MR) is 93.0 cm³/mol. The van der Waals surface area contributed by atoms with E-state index in [9.17, 15) is 4.79 Å². The number of rotatable bonds is 4. The second-order valence-electron chi connectivity index (χ2n) is 5.90. The predicted octanol–water partition coefficient (Wildman–Crippen LogP) is 4.42. The maximum Gasteiger partial charge on any atom is 0.255 e. The Balaban J connectivity index is 1.79. The van der Waals surface area contributed by atoms with Crippen LogP contribution in [0.5, 0.6) is 0 Å². The van der Waals surface area contributed by atoms with Gasteiger partial charge in [0.2, 0.25) is 11.8 Å². The van der Waals surface area contributed by atoms with E-state index < -0.39 is 0 Å². The Labute approximate surface area is 140 Å². The molecule has 0 aliphatic carbocycles. The van der Waals surface area contributed by atoms with Gasteiger partial charge in [0.25, 0.3) is 5.91 Å². The van der Waals surface area contributed by atoms with Crippen LogP contribution in [0.1, 0.15) is 41.6 Å². The standard InChI is InChI=1S/C19H19N3O2/c1-12(2)16-6-4-5-7-17(16)20-18(23)14-8-10-15(11-9-14)19-22-21-13(3)24-19/h4-12H,1-3H3,(H,20,23). The summed E-state index contributed by atoms with van der Waals surface area (Å²) in [6.07, 6.45) is 0. The van der Waals surface area contributed by atoms with Crippen LogP contribution in [-0.4, -0.2) is 16.1 Å². The molecule has 1 N–H and O–H groups in total. The molecule has 0 fully saturated rings. The zero-order valence-corrected chi connectivity index (χ0v) is 13.9. The van der Waals surface area contributed by atoms with Crippen LogP contribution < -0.4 is 5.32 Å². The number of aryl methyl sites for hydroxylation is 1. The number of para-hydroxylation sites is 1. The van der Waals surface area contributed by atoms with Crippen molar-refractivity contribution in [3.8, 4) is 11.5 Å². The molecule has 122 valence electrons. The van der Waals surface area contributed by atoms with Gasteiger partial charge < -0.3 is 9.73 Å². The maximum atomic E-state index is 12.5. The van der Waals surface area contributed by atoms with Gasteiger partial charge in [-0.15, -0.1) is 10.2 Å². The van der Waals surface area contributed by atoms with Crippen LogP contribution >= 0.6 is 0 Å². The van der Waals surface area contributed by atoms with Gasteiger partial charge in [0.05, 0.1) is 0 Å². The van der Waals surface area contributed by atoms with E-state index in [0.717, 1.165) is 16.8 Å². The fourth-order valence-corrected chi connectivity index (χ4v) is 2.49. The van der Waals surface area contributed by atoms with Crippen molar-refractivity contribution in [3.05, 3.63) is 65.5 Å². The molecule has 0 spiro atoms. The Kier molecular flexibility index (Phi) is 4.42. The number of hydrogen-bond acceptors (Lipinski definition) is 4. The first-order valence-corrected chi connectivity index (χ1v) is 7.85. The van der Waals surface area contributed by atoms with Gasteiger partial charge in [-0.3, -0.25) is 4.79 Å². The van der Waals surface area contributed by atoms with Crippen LogP contribution in [-0.2, 0) is 0 Å². The molecule has 1 amide bonds. The fraction of sp³-hybridized carbons (Fsp3) is 0.211. The van der Waals surface area contributed by atoms with Crippen molar-refractivity contribution in [2.24, 2.45) is 0 Å². The topological polar surface area (TPSA) is 68.0 Å². The number of nitrogens with one attached hydrogen (secondary N) is 1. The molecule has 24 heavy (non-hydrogen) atoms. The molecular formula is C19H19N3O2. The third kappa shape index (κ3) is 3.35. The summed E-state index contributed by atoms with van der Waals surface area (Å²) in [6.45, 7) is 5.95. The van der Waals surface area contributed by atoms with E-state index in [1.54, 1.807) is 31.2 Å². The summed E-state index contributed by atoms with van der Waals surface area (Å²) in [5.74, 6) is 1.16. The highest BCUT2D eigenvalue weighted by molar-refractivity contribution is 6.04. The molecule has 2 aromatic carbocycles. The van der Waals surface area contributed by atoms with Gasteiger partial charge in [-0.2, -0.15) is 0 Å². The maximum absolute atomic E-state index is 12.5. The number of benzene rings is 2. The van der Waals surface area contributed by atoms with Crippen molar-refractivity contribution in [3.63, 3.8) is 0 Å². The minimum Gasteiger partial charge on any atom is -0.421 e. The molecule has 0 saturated carbocycles. The molecule has 3 aromatic rings. The number of nitrogens with zero attached hydrogens (tertiary/aromatic N) is 2. The molecular weight excluding hydrogens is 302 g/mol. The highest BCUT2D eigenvalue weighted by atomic mass is 16.4. The van der Waals surface area contributed by atoms with Gasteiger partial charge in [-0.1, -0.05) is 32.0 Å². The summed E-state index contributed by atoms with van der Waals surface area (Å²) in [5, 5.41) is 10.8. The summed E-state index contributed by atoms with van der Waals surface area (Å²) in [6, 6.07) is 15.0. The second-order valence-corrected chi connectivity index (χ2v) is 5.90. The Morgan fingerprint density at radius 3 is 2.38 bits per heavy atom. The molecule has 1 heterocycles. The average Bonchev–Trinajstić information content (AvgIpc) is 3.02. The third-order valence-corrected chi connectivity index (χ3v) is 3.75. The largest absolute Gasteiger partial charge is 0.421 e. The summed E-state index contributed by atoms with van der Waals surface area (Å²) >= 11 is 0. The van der Waals surface area contributed by atoms with E-state index >= 15 is 0 Å². The van der Waals surface area contributed by atoms with Crippen molar-refractivity contribution in [1.82, 2.24) is 10.2 Å². The summed E-state index contributed by atoms with van der Waals surface area (Å²) in [7, 11) is 0. The van der Waals surface area contributed by atoms with Gasteiger partial charge in [0.15, 0.2) is 0 Å². The van der Waals surface area contributed by atoms with E-state index in [1.165, 1.54) is 0 Å². The van der Waals surface area contributed by atoms with Crippen molar-refractivity contribution in [1.29, 1.82) is 0 Å². The first kappa shape index (κ1) is 15.9. The normalized spacial score (nSPS) is 10.8. The molecule has 0 radical (unpaired) electrons. The van der Waals surface area contributed by atoms with E-state index in [2.05, 4.69) is 29.4 Å². The average molecular weight is 321 g/mol. The minimum atomic E-state index is -0.142. The van der Waals surface area contributed by atoms with E-state index in [-0.39, 0.29) is 5.91 Å². The lowest BCUT2D eigenvalue weighted by molar-refractivity contribution is 0.102. The molecule has 0 aliphatic rings. The van der Waals surface area contributed by atoms with E-state index in [0.29, 0.717) is 23.3 Å². The summed E-state index contributed by atoms with van der Waals surface area (Å²) < 4.78 is 5.38. The van der Waals surface area contributed by atoms with Gasteiger partial charge in [0.1, 0.15) is 0 Å². The number of amides is 1. The van der Waals surface area contributed by atoms with Crippen molar-refractivity contribution >= 4 is 11.6 Å². The minimum absolute atomic E-state index is 0.142. The highest BCUT2D eigenvalue weighted by Crippen LogP contribution is 2.24. The zero-order chi connectivity index (χ0) is 17.1. The number of anilines is 1. The van der Waals surface area contributed by atoms with Gasteiger partial charge in [0, 0.05) is 23.7 Å². The number of carbonyl (C=O) groups is 1. The lowest BCUT2D eigenvalue weighted by atomic mass is 10.0. The van der Waals surface area contributed by atoms with Crippen LogP contribution in [0.4, 0.5) is 5.69 Å². The van der Waals surface area contributed by atoms with Gasteiger partial charge in [-0.25, -0.2) is 0 Å². The van der Waals surface area contributed by atoms with Crippen LogP contribution in [0.15, 0.2) is 52.9 Å². The molecule has 0 bridgehead atoms. The Hall–Kier alpha value is -2.95. The number of aromatic nitrogens is 2. The second kappa shape index (κ2) is 6.66. The number of hydrogen-bond donors (Lipinski definition) is 1. The lowest BCUT2D eigenvalue weighted by Crippen LogP contribution is -2.13. The third-order valence-electron chi connectivity index (χ3n) is 3.75. The SMILES string of the molecule is Cc1nnc(-c2ccc(C(=O)Nc3ccccc3C(C)C)cc2)o1. The molecule has 0 saturated heterocycles. The van der Waals surface area contributed by atoms with Crippen molar-refractivity contribution < 1.29 is 9.21 Å². The molecule has 0 aliphatic heterocycles.